The molecule has 3 aliphatic heterocycles. The number of alkyl halides is 1. The number of aromatic nitrogens is 8. The molecular formula is C20H22FN9O13P2. The van der Waals surface area contributed by atoms with Crippen LogP contribution in [0.1, 0.15) is 12.5 Å². The van der Waals surface area contributed by atoms with Crippen LogP contribution in [0, 0.1) is 0 Å². The summed E-state index contributed by atoms with van der Waals surface area (Å²) in [4.78, 5) is 65.8. The number of aliphatic hydroxyl groups excluding tert-OH is 1. The molecule has 242 valence electrons. The quantitative estimate of drug-likeness (QED) is 0.129. The Labute approximate surface area is 247 Å². The number of H-pyrrole nitrogens is 2. The van der Waals surface area contributed by atoms with E-state index in [4.69, 9.17) is 33.3 Å². The van der Waals surface area contributed by atoms with Gasteiger partial charge in [0.05, 0.1) is 32.2 Å². The molecule has 25 heteroatoms. The first-order chi connectivity index (χ1) is 21.3. The molecule has 7 heterocycles. The maximum Gasteiger partial charge on any atom is 0.472 e. The van der Waals surface area contributed by atoms with E-state index < -0.39 is 89.1 Å². The summed E-state index contributed by atoms with van der Waals surface area (Å²) in [5.41, 5.74) is 3.68. The third kappa shape index (κ3) is 5.30. The van der Waals surface area contributed by atoms with Crippen molar-refractivity contribution in [1.29, 1.82) is 0 Å². The largest absolute Gasteiger partial charge is 0.472 e. The number of imidazole rings is 2. The number of nitrogens with one attached hydrogen (secondary N) is 2. The van der Waals surface area contributed by atoms with Gasteiger partial charge in [0.15, 0.2) is 41.0 Å². The molecule has 0 saturated carbocycles. The highest BCUT2D eigenvalue weighted by Gasteiger charge is 2.54. The summed E-state index contributed by atoms with van der Waals surface area (Å²) >= 11 is 0. The fourth-order valence-corrected chi connectivity index (χ4v) is 7.14. The summed E-state index contributed by atoms with van der Waals surface area (Å²) in [6, 6.07) is 0. The molecule has 3 aliphatic rings. The molecule has 2 bridgehead atoms. The van der Waals surface area contributed by atoms with E-state index in [9.17, 15) is 33.6 Å². The molecule has 0 radical (unpaired) electrons. The molecule has 0 amide bonds. The first-order valence-electron chi connectivity index (χ1n) is 12.9. The Morgan fingerprint density at radius 2 is 1.49 bits per heavy atom. The topological polar surface area (TPSA) is 303 Å². The highest BCUT2D eigenvalue weighted by Crippen LogP contribution is 2.54. The lowest BCUT2D eigenvalue weighted by atomic mass is 10.1. The molecule has 0 aromatic carbocycles. The number of nitrogen functional groups attached to an aromatic ring is 1. The van der Waals surface area contributed by atoms with Gasteiger partial charge in [0.25, 0.3) is 11.1 Å². The first kappa shape index (κ1) is 30.2. The highest BCUT2D eigenvalue weighted by atomic mass is 31.2. The fraction of sp³-hybridized carbons (Fsp3) is 0.500. The molecule has 3 saturated heterocycles. The fourth-order valence-electron chi connectivity index (χ4n) is 5.25. The number of nitrogens with zero attached hydrogens (tertiary/aromatic N) is 6. The summed E-state index contributed by atoms with van der Waals surface area (Å²) in [7, 11) is -10.3. The van der Waals surface area contributed by atoms with Gasteiger partial charge in [-0.15, -0.1) is 0 Å². The van der Waals surface area contributed by atoms with Gasteiger partial charge in [0.1, 0.15) is 30.5 Å². The normalized spacial score (nSPS) is 37.7. The lowest BCUT2D eigenvalue weighted by Gasteiger charge is -2.25. The molecule has 10 atom stereocenters. The second kappa shape index (κ2) is 10.8. The average molecular weight is 677 g/mol. The minimum absolute atomic E-state index is 0.0975. The summed E-state index contributed by atoms with van der Waals surface area (Å²) in [5, 5.41) is 11.0. The predicted molar refractivity (Wildman–Crippen MR) is 141 cm³/mol. The predicted octanol–water partition coefficient (Wildman–Crippen LogP) is -1.65. The zero-order chi connectivity index (χ0) is 31.8. The van der Waals surface area contributed by atoms with Gasteiger partial charge in [-0.25, -0.2) is 28.5 Å². The first-order valence-corrected chi connectivity index (χ1v) is 15.9. The van der Waals surface area contributed by atoms with Gasteiger partial charge >= 0.3 is 15.6 Å². The molecule has 4 aromatic heterocycles. The van der Waals surface area contributed by atoms with Crippen molar-refractivity contribution >= 4 is 43.9 Å². The standard InChI is InChI=1S/C20H22FN9O13P2/c21-8-12-7(41-18(8)29-4-25-9-14(29)23-3-24-16(9)32)2-39-45(36,37)43-13-11(31)6(1-38-44(34,35)42-12)40-19(13)30-5-26-10-15(30)27-20(22)28-17(10)33/h3-8,11-13,18-19,31H,1-2H2,(H,34,35)(H,36,37)(H,23,24,32)(H3,22,27,28,33)/t6-,7-,8+,11-,12-,13-,18-,19-/m1/s1. The third-order valence-electron chi connectivity index (χ3n) is 7.26. The van der Waals surface area contributed by atoms with Gasteiger partial charge in [0.2, 0.25) is 5.95 Å². The molecule has 0 spiro atoms. The van der Waals surface area contributed by atoms with Crippen molar-refractivity contribution in [3.63, 3.8) is 0 Å². The van der Waals surface area contributed by atoms with E-state index in [0.29, 0.717) is 0 Å². The minimum Gasteiger partial charge on any atom is -0.387 e. The Kier molecular flexibility index (Phi) is 7.26. The van der Waals surface area contributed by atoms with Crippen molar-refractivity contribution < 1.29 is 56.0 Å². The van der Waals surface area contributed by atoms with E-state index in [1.165, 1.54) is 0 Å². The van der Waals surface area contributed by atoms with Crippen LogP contribution in [0.5, 0.6) is 0 Å². The van der Waals surface area contributed by atoms with E-state index in [-0.39, 0.29) is 28.3 Å². The van der Waals surface area contributed by atoms with Crippen LogP contribution in [0.15, 0.2) is 28.6 Å². The summed E-state index contributed by atoms with van der Waals surface area (Å²) in [6.45, 7) is -1.82. The molecule has 22 nitrogen and oxygen atoms in total. The van der Waals surface area contributed by atoms with Crippen molar-refractivity contribution in [2.45, 2.75) is 49.1 Å². The molecule has 2 unspecified atom stereocenters. The van der Waals surface area contributed by atoms with Crippen LogP contribution >= 0.6 is 15.6 Å². The third-order valence-corrected chi connectivity index (χ3v) is 9.23. The molecule has 4 aromatic rings. The molecule has 0 aliphatic carbocycles. The smallest absolute Gasteiger partial charge is 0.387 e. The number of nitrogens with two attached hydrogens (primary N) is 1. The number of rotatable bonds is 2. The van der Waals surface area contributed by atoms with Crippen LogP contribution in [0.4, 0.5) is 10.3 Å². The van der Waals surface area contributed by atoms with Crippen molar-refractivity contribution in [2.75, 3.05) is 18.9 Å². The Hall–Kier alpha value is -3.47. The summed E-state index contributed by atoms with van der Waals surface area (Å²) in [5.74, 6) is -0.302. The second-order valence-corrected chi connectivity index (χ2v) is 12.9. The number of aliphatic hydroxyl groups is 1. The van der Waals surface area contributed by atoms with Gasteiger partial charge < -0.3 is 35.1 Å². The number of anilines is 1. The Morgan fingerprint density at radius 1 is 0.889 bits per heavy atom. The van der Waals surface area contributed by atoms with E-state index in [1.807, 2.05) is 0 Å². The van der Waals surface area contributed by atoms with Gasteiger partial charge in [-0.3, -0.25) is 41.8 Å². The summed E-state index contributed by atoms with van der Waals surface area (Å²) in [6.07, 6.45) is -10.9. The van der Waals surface area contributed by atoms with E-state index >= 15 is 4.39 Å². The van der Waals surface area contributed by atoms with Crippen molar-refractivity contribution in [2.24, 2.45) is 0 Å². The molecule has 3 fully saturated rings. The van der Waals surface area contributed by atoms with Crippen LogP contribution in [0.2, 0.25) is 0 Å². The van der Waals surface area contributed by atoms with Gasteiger partial charge in [0, 0.05) is 0 Å². The monoisotopic (exact) mass is 677 g/mol. The van der Waals surface area contributed by atoms with Gasteiger partial charge in [-0.2, -0.15) is 4.98 Å². The van der Waals surface area contributed by atoms with E-state index in [1.54, 1.807) is 0 Å². The Balaban J connectivity index is 1.21. The van der Waals surface area contributed by atoms with Crippen molar-refractivity contribution in [3.8, 4) is 0 Å². The second-order valence-electron chi connectivity index (χ2n) is 10.1. The lowest BCUT2D eigenvalue weighted by Crippen LogP contribution is -2.35. The minimum atomic E-state index is -5.18. The van der Waals surface area contributed by atoms with Crippen LogP contribution < -0.4 is 16.9 Å². The SMILES string of the molecule is Nc1nc2c(ncn2[C@@H]2O[C@@H]3COP(=O)(O)O[C@H]4[C@H](F)[C@H](n5cnc6c(=O)[nH]cnc65)O[C@@H]4COP(=O)(O)O[C@@H]2[C@@H]3O)c(=O)[nH]1. The van der Waals surface area contributed by atoms with Gasteiger partial charge in [-0.05, 0) is 0 Å². The maximum absolute atomic E-state index is 15.8. The van der Waals surface area contributed by atoms with Crippen LogP contribution in [0.3, 0.4) is 0 Å². The number of phosphoric acid groups is 2. The Morgan fingerprint density at radius 3 is 2.20 bits per heavy atom. The number of fused-ring (bicyclic) bond motifs is 5. The van der Waals surface area contributed by atoms with E-state index in [0.717, 1.165) is 28.1 Å². The van der Waals surface area contributed by atoms with Crippen molar-refractivity contribution in [3.05, 3.63) is 39.7 Å². The number of phosphoric ester groups is 2. The van der Waals surface area contributed by atoms with Crippen molar-refractivity contribution in [1.82, 2.24) is 39.0 Å². The number of hydrogen-bond donors (Lipinski definition) is 6. The Bertz CT molecular complexity index is 2000. The highest BCUT2D eigenvalue weighted by molar-refractivity contribution is 7.47. The van der Waals surface area contributed by atoms with Gasteiger partial charge in [-0.1, -0.05) is 0 Å². The molecular weight excluding hydrogens is 655 g/mol. The molecule has 7 N–H and O–H groups in total. The maximum atomic E-state index is 15.8. The number of aromatic amines is 2. The van der Waals surface area contributed by atoms with Crippen LogP contribution in [0.25, 0.3) is 22.3 Å². The molecule has 7 rings (SSSR count). The number of hydrogen-bond acceptors (Lipinski definition) is 16. The van der Waals surface area contributed by atoms with Crippen LogP contribution in [-0.2, 0) is 36.7 Å². The summed E-state index contributed by atoms with van der Waals surface area (Å²) < 4.78 is 75.9. The zero-order valence-electron chi connectivity index (χ0n) is 22.2. The lowest BCUT2D eigenvalue weighted by molar-refractivity contribution is -0.0670. The average Bonchev–Trinajstić information content (AvgIpc) is 3.72. The zero-order valence-corrected chi connectivity index (χ0v) is 24.0. The number of ether oxygens (including phenoxy) is 2. The molecule has 45 heavy (non-hydrogen) atoms. The number of halogens is 1. The van der Waals surface area contributed by atoms with Crippen LogP contribution in [-0.4, -0.2) is 104 Å². The van der Waals surface area contributed by atoms with E-state index in [2.05, 4.69) is 29.9 Å².